The van der Waals surface area contributed by atoms with E-state index in [9.17, 15) is 9.90 Å². The number of nitrogens with one attached hydrogen (secondary N) is 1. The molecule has 0 aromatic carbocycles. The van der Waals surface area contributed by atoms with Crippen LogP contribution in [0.25, 0.3) is 0 Å². The van der Waals surface area contributed by atoms with Crippen molar-refractivity contribution < 1.29 is 9.90 Å². The van der Waals surface area contributed by atoms with Gasteiger partial charge in [0.05, 0.1) is 11.6 Å². The smallest absolute Gasteiger partial charge is 0.235 e. The molecule has 0 unspecified atom stereocenters. The zero-order chi connectivity index (χ0) is 8.48. The van der Waals surface area contributed by atoms with E-state index < -0.39 is 5.60 Å². The van der Waals surface area contributed by atoms with Crippen molar-refractivity contribution in [3.8, 4) is 0 Å². The van der Waals surface area contributed by atoms with Crippen LogP contribution in [0, 0.1) is 0 Å². The van der Waals surface area contributed by atoms with E-state index in [0.29, 0.717) is 0 Å². The minimum atomic E-state index is -0.651. The number of carbonyl (C=O) groups is 1. The molecule has 0 spiro atoms. The molecule has 2 N–H and O–H groups in total. The summed E-state index contributed by atoms with van der Waals surface area (Å²) in [5.74, 6) is -0.264. The summed E-state index contributed by atoms with van der Waals surface area (Å²) in [5, 5.41) is 12.1. The maximum absolute atomic E-state index is 10.7. The van der Waals surface area contributed by atoms with E-state index in [2.05, 4.69) is 5.32 Å². The Balaban J connectivity index is 2.31. The summed E-state index contributed by atoms with van der Waals surface area (Å²) in [6.45, 7) is 1.79. The third-order valence-electron chi connectivity index (χ3n) is 2.07. The third-order valence-corrected chi connectivity index (χ3v) is 2.31. The summed E-state index contributed by atoms with van der Waals surface area (Å²) in [6, 6.07) is -0.172. The van der Waals surface area contributed by atoms with Gasteiger partial charge in [-0.05, 0) is 19.8 Å². The summed E-state index contributed by atoms with van der Waals surface area (Å²) in [6.07, 6.45) is 1.55. The van der Waals surface area contributed by atoms with Crippen LogP contribution in [0.5, 0.6) is 0 Å². The molecule has 3 nitrogen and oxygen atoms in total. The van der Waals surface area contributed by atoms with Gasteiger partial charge >= 0.3 is 0 Å². The molecule has 0 aliphatic heterocycles. The molecule has 1 aliphatic rings. The van der Waals surface area contributed by atoms with Crippen molar-refractivity contribution in [1.29, 1.82) is 0 Å². The Morgan fingerprint density at radius 3 is 2.73 bits per heavy atom. The van der Waals surface area contributed by atoms with Crippen LogP contribution in [-0.4, -0.2) is 28.5 Å². The average molecular weight is 178 g/mol. The van der Waals surface area contributed by atoms with Gasteiger partial charge in [0.2, 0.25) is 5.91 Å². The zero-order valence-electron chi connectivity index (χ0n) is 6.43. The van der Waals surface area contributed by atoms with Gasteiger partial charge in [0.1, 0.15) is 5.88 Å². The first kappa shape index (κ1) is 8.81. The highest BCUT2D eigenvalue weighted by atomic mass is 35.5. The number of rotatable bonds is 3. The lowest BCUT2D eigenvalue weighted by Crippen LogP contribution is -2.43. The van der Waals surface area contributed by atoms with Gasteiger partial charge in [0.25, 0.3) is 0 Å². The molecule has 0 heterocycles. The maximum atomic E-state index is 10.7. The van der Waals surface area contributed by atoms with E-state index in [1.165, 1.54) is 0 Å². The number of carbonyl (C=O) groups excluding carboxylic acids is 1. The second kappa shape index (κ2) is 2.99. The van der Waals surface area contributed by atoms with Crippen LogP contribution < -0.4 is 5.32 Å². The fraction of sp³-hybridized carbons (Fsp3) is 0.857. The summed E-state index contributed by atoms with van der Waals surface area (Å²) >= 11 is 5.27. The monoisotopic (exact) mass is 177 g/mol. The number of hydrogen-bond acceptors (Lipinski definition) is 2. The molecule has 1 rings (SSSR count). The van der Waals surface area contributed by atoms with Gasteiger partial charge in [0, 0.05) is 0 Å². The lowest BCUT2D eigenvalue weighted by atomic mass is 10.1. The van der Waals surface area contributed by atoms with Gasteiger partial charge in [-0.1, -0.05) is 0 Å². The Kier molecular flexibility index (Phi) is 2.40. The predicted octanol–water partition coefficient (Wildman–Crippen LogP) is 0.255. The molecule has 0 bridgehead atoms. The zero-order valence-corrected chi connectivity index (χ0v) is 7.19. The normalized spacial score (nSPS) is 22.5. The lowest BCUT2D eigenvalue weighted by molar-refractivity contribution is -0.120. The number of aliphatic hydroxyl groups is 1. The fourth-order valence-corrected chi connectivity index (χ4v) is 1.05. The molecule has 1 atom stereocenters. The molecule has 11 heavy (non-hydrogen) atoms. The minimum absolute atomic E-state index is 0.0413. The fourth-order valence-electron chi connectivity index (χ4n) is 0.975. The third kappa shape index (κ3) is 2.07. The van der Waals surface area contributed by atoms with Crippen molar-refractivity contribution in [1.82, 2.24) is 5.32 Å². The maximum Gasteiger partial charge on any atom is 0.235 e. The number of hydrogen-bond donors (Lipinski definition) is 2. The van der Waals surface area contributed by atoms with E-state index in [1.54, 1.807) is 6.92 Å². The summed E-state index contributed by atoms with van der Waals surface area (Å²) in [5.41, 5.74) is -0.651. The van der Waals surface area contributed by atoms with Crippen molar-refractivity contribution in [2.75, 3.05) is 5.88 Å². The molecule has 0 saturated heterocycles. The van der Waals surface area contributed by atoms with Gasteiger partial charge in [-0.2, -0.15) is 0 Å². The second-order valence-electron chi connectivity index (χ2n) is 3.03. The van der Waals surface area contributed by atoms with Gasteiger partial charge in [-0.3, -0.25) is 4.79 Å². The first-order valence-corrected chi connectivity index (χ1v) is 4.19. The summed E-state index contributed by atoms with van der Waals surface area (Å²) in [4.78, 5) is 10.7. The standard InChI is InChI=1S/C7H12ClNO2/c1-5(7(11)2-3-7)9-6(10)4-8/h5,11H,2-4H2,1H3,(H,9,10)/t5-/m0/s1. The molecule has 1 fully saturated rings. The first-order chi connectivity index (χ1) is 5.08. The Labute approximate surface area is 70.7 Å². The number of amides is 1. The van der Waals surface area contributed by atoms with Crippen molar-refractivity contribution in [3.05, 3.63) is 0 Å². The van der Waals surface area contributed by atoms with Crippen molar-refractivity contribution in [3.63, 3.8) is 0 Å². The molecule has 1 aliphatic carbocycles. The predicted molar refractivity (Wildman–Crippen MR) is 42.5 cm³/mol. The van der Waals surface area contributed by atoms with Gasteiger partial charge in [-0.25, -0.2) is 0 Å². The van der Waals surface area contributed by atoms with Crippen LogP contribution in [0.1, 0.15) is 19.8 Å². The topological polar surface area (TPSA) is 49.3 Å². The average Bonchev–Trinajstić information content (AvgIpc) is 2.69. The lowest BCUT2D eigenvalue weighted by Gasteiger charge is -2.18. The molecule has 0 aromatic rings. The van der Waals surface area contributed by atoms with E-state index in [0.717, 1.165) is 12.8 Å². The molecule has 0 aromatic heterocycles. The summed E-state index contributed by atoms with van der Waals surface area (Å²) in [7, 11) is 0. The first-order valence-electron chi connectivity index (χ1n) is 3.66. The molecule has 64 valence electrons. The second-order valence-corrected chi connectivity index (χ2v) is 3.29. The van der Waals surface area contributed by atoms with Crippen LogP contribution in [0.2, 0.25) is 0 Å². The highest BCUT2D eigenvalue weighted by Gasteiger charge is 2.45. The molecule has 4 heteroatoms. The molecular formula is C7H12ClNO2. The molecule has 0 radical (unpaired) electrons. The van der Waals surface area contributed by atoms with Crippen LogP contribution >= 0.6 is 11.6 Å². The molecular weight excluding hydrogens is 166 g/mol. The van der Waals surface area contributed by atoms with E-state index >= 15 is 0 Å². The van der Waals surface area contributed by atoms with E-state index in [4.69, 9.17) is 11.6 Å². The SMILES string of the molecule is C[C@H](NC(=O)CCl)C1(O)CC1. The van der Waals surface area contributed by atoms with Crippen molar-refractivity contribution in [2.24, 2.45) is 0 Å². The highest BCUT2D eigenvalue weighted by molar-refractivity contribution is 6.27. The Bertz CT molecular complexity index is 168. The van der Waals surface area contributed by atoms with E-state index in [-0.39, 0.29) is 17.8 Å². The highest BCUT2D eigenvalue weighted by Crippen LogP contribution is 2.38. The largest absolute Gasteiger partial charge is 0.388 e. The van der Waals surface area contributed by atoms with Gasteiger partial charge in [0.15, 0.2) is 0 Å². The van der Waals surface area contributed by atoms with E-state index in [1.807, 2.05) is 0 Å². The Morgan fingerprint density at radius 1 is 1.82 bits per heavy atom. The van der Waals surface area contributed by atoms with Crippen LogP contribution in [0.15, 0.2) is 0 Å². The number of alkyl halides is 1. The van der Waals surface area contributed by atoms with Crippen LogP contribution in [-0.2, 0) is 4.79 Å². The summed E-state index contributed by atoms with van der Waals surface area (Å²) < 4.78 is 0. The molecule has 1 amide bonds. The quantitative estimate of drug-likeness (QED) is 0.608. The minimum Gasteiger partial charge on any atom is -0.388 e. The van der Waals surface area contributed by atoms with Crippen LogP contribution in [0.3, 0.4) is 0 Å². The van der Waals surface area contributed by atoms with Gasteiger partial charge in [-0.15, -0.1) is 11.6 Å². The van der Waals surface area contributed by atoms with Crippen LogP contribution in [0.4, 0.5) is 0 Å². The van der Waals surface area contributed by atoms with Crippen molar-refractivity contribution >= 4 is 17.5 Å². The van der Waals surface area contributed by atoms with Gasteiger partial charge < -0.3 is 10.4 Å². The number of halogens is 1. The Morgan fingerprint density at radius 2 is 2.36 bits per heavy atom. The van der Waals surface area contributed by atoms with Crippen molar-refractivity contribution in [2.45, 2.75) is 31.4 Å². The molecule has 1 saturated carbocycles. The Hall–Kier alpha value is -0.280.